The van der Waals surface area contributed by atoms with Gasteiger partial charge in [-0.05, 0) is 32.8 Å². The van der Waals surface area contributed by atoms with Gasteiger partial charge in [-0.2, -0.15) is 0 Å². The normalized spacial score (nSPS) is 19.2. The Labute approximate surface area is 119 Å². The summed E-state index contributed by atoms with van der Waals surface area (Å²) < 4.78 is 5.37. The highest BCUT2D eigenvalue weighted by molar-refractivity contribution is 5.88. The van der Waals surface area contributed by atoms with Crippen LogP contribution in [0.25, 0.3) is 0 Å². The fraction of sp³-hybridized carbons (Fsp3) is 0.500. The van der Waals surface area contributed by atoms with E-state index < -0.39 is 11.7 Å². The number of carbonyl (C=O) groups excluding carboxylic acids is 2. The lowest BCUT2D eigenvalue weighted by Gasteiger charge is -2.28. The van der Waals surface area contributed by atoms with Gasteiger partial charge in [0, 0.05) is 12.5 Å². The van der Waals surface area contributed by atoms with E-state index in [1.165, 1.54) is 0 Å². The molecule has 1 heterocycles. The molecule has 20 heavy (non-hydrogen) atoms. The maximum absolute atomic E-state index is 12.2. The molecule has 1 atom stereocenters. The third-order valence-electron chi connectivity index (χ3n) is 3.19. The molecule has 0 radical (unpaired) electrons. The number of ketones is 1. The van der Waals surface area contributed by atoms with E-state index >= 15 is 0 Å². The maximum atomic E-state index is 12.2. The molecule has 2 rings (SSSR count). The Morgan fingerprint density at radius 2 is 1.95 bits per heavy atom. The Bertz CT molecular complexity index is 490. The lowest BCUT2D eigenvalue weighted by molar-refractivity contribution is -0.117. The Kier molecular flexibility index (Phi) is 4.12. The predicted molar refractivity (Wildman–Crippen MR) is 76.5 cm³/mol. The third kappa shape index (κ3) is 3.83. The Morgan fingerprint density at radius 3 is 2.55 bits per heavy atom. The number of carbonyl (C=O) groups is 2. The number of ether oxygens (including phenoxy) is 1. The van der Waals surface area contributed by atoms with E-state index in [0.717, 1.165) is 5.56 Å². The van der Waals surface area contributed by atoms with Gasteiger partial charge in [-0.25, -0.2) is 4.79 Å². The SMILES string of the molecule is CC(C)(C)OC(=O)N1CC(=O)C[C@H]1Cc1ccccc1. The first-order chi connectivity index (χ1) is 9.35. The Morgan fingerprint density at radius 1 is 1.30 bits per heavy atom. The molecule has 1 fully saturated rings. The first kappa shape index (κ1) is 14.6. The van der Waals surface area contributed by atoms with Crippen LogP contribution >= 0.6 is 0 Å². The van der Waals surface area contributed by atoms with E-state index in [-0.39, 0.29) is 18.4 Å². The van der Waals surface area contributed by atoms with Crippen LogP contribution < -0.4 is 0 Å². The van der Waals surface area contributed by atoms with Crippen molar-refractivity contribution in [2.45, 2.75) is 45.3 Å². The van der Waals surface area contributed by atoms with Crippen LogP contribution in [0.3, 0.4) is 0 Å². The number of likely N-dealkylation sites (tertiary alicyclic amines) is 1. The zero-order valence-electron chi connectivity index (χ0n) is 12.3. The van der Waals surface area contributed by atoms with Crippen molar-refractivity contribution in [3.8, 4) is 0 Å². The van der Waals surface area contributed by atoms with E-state index in [0.29, 0.717) is 12.8 Å². The summed E-state index contributed by atoms with van der Waals surface area (Å²) in [5, 5.41) is 0. The fourth-order valence-corrected chi connectivity index (χ4v) is 2.36. The smallest absolute Gasteiger partial charge is 0.410 e. The zero-order chi connectivity index (χ0) is 14.8. The highest BCUT2D eigenvalue weighted by atomic mass is 16.6. The second-order valence-electron chi connectivity index (χ2n) is 6.19. The number of nitrogens with zero attached hydrogens (tertiary/aromatic N) is 1. The summed E-state index contributed by atoms with van der Waals surface area (Å²) >= 11 is 0. The average molecular weight is 275 g/mol. The summed E-state index contributed by atoms with van der Waals surface area (Å²) in [5.74, 6) is 0.0943. The Balaban J connectivity index is 2.07. The topological polar surface area (TPSA) is 46.6 Å². The van der Waals surface area contributed by atoms with Crippen molar-refractivity contribution in [3.05, 3.63) is 35.9 Å². The van der Waals surface area contributed by atoms with Crippen molar-refractivity contribution in [1.82, 2.24) is 4.90 Å². The van der Waals surface area contributed by atoms with E-state index in [4.69, 9.17) is 4.74 Å². The third-order valence-corrected chi connectivity index (χ3v) is 3.19. The molecule has 0 aromatic heterocycles. The lowest BCUT2D eigenvalue weighted by Crippen LogP contribution is -2.40. The minimum atomic E-state index is -0.542. The van der Waals surface area contributed by atoms with Crippen molar-refractivity contribution in [3.63, 3.8) is 0 Å². The van der Waals surface area contributed by atoms with Crippen molar-refractivity contribution in [2.75, 3.05) is 6.54 Å². The zero-order valence-corrected chi connectivity index (χ0v) is 12.3. The lowest BCUT2D eigenvalue weighted by atomic mass is 10.0. The quantitative estimate of drug-likeness (QED) is 0.833. The van der Waals surface area contributed by atoms with Crippen molar-refractivity contribution < 1.29 is 14.3 Å². The summed E-state index contributed by atoms with van der Waals surface area (Å²) in [6.07, 6.45) is 0.698. The summed E-state index contributed by atoms with van der Waals surface area (Å²) in [6.45, 7) is 5.64. The second-order valence-corrected chi connectivity index (χ2v) is 6.19. The van der Waals surface area contributed by atoms with Crippen molar-refractivity contribution in [2.24, 2.45) is 0 Å². The van der Waals surface area contributed by atoms with Crippen LogP contribution in [0.4, 0.5) is 4.79 Å². The Hall–Kier alpha value is -1.84. The van der Waals surface area contributed by atoms with Crippen LogP contribution in [0.15, 0.2) is 30.3 Å². The standard InChI is InChI=1S/C16H21NO3/c1-16(2,3)20-15(19)17-11-14(18)10-13(17)9-12-7-5-4-6-8-12/h4-8,13H,9-11H2,1-3H3/t13-/m1/s1. The van der Waals surface area contributed by atoms with Crippen LogP contribution in [0.5, 0.6) is 0 Å². The molecule has 0 bridgehead atoms. The molecule has 4 heteroatoms. The van der Waals surface area contributed by atoms with Gasteiger partial charge in [0.05, 0.1) is 6.54 Å². The number of amides is 1. The molecule has 0 saturated carbocycles. The predicted octanol–water partition coefficient (Wildman–Crippen LogP) is 2.81. The molecule has 1 amide bonds. The molecule has 1 aliphatic heterocycles. The van der Waals surface area contributed by atoms with E-state index in [2.05, 4.69) is 0 Å². The molecular formula is C16H21NO3. The van der Waals surface area contributed by atoms with Crippen LogP contribution in [-0.4, -0.2) is 35.0 Å². The molecule has 1 aliphatic rings. The van der Waals surface area contributed by atoms with Gasteiger partial charge in [0.1, 0.15) is 5.60 Å². The van der Waals surface area contributed by atoms with Gasteiger partial charge in [-0.3, -0.25) is 9.69 Å². The molecule has 1 saturated heterocycles. The van der Waals surface area contributed by atoms with Crippen LogP contribution in [0, 0.1) is 0 Å². The number of hydrogen-bond donors (Lipinski definition) is 0. The first-order valence-corrected chi connectivity index (χ1v) is 6.90. The average Bonchev–Trinajstić information content (AvgIpc) is 2.69. The number of rotatable bonds is 2. The highest BCUT2D eigenvalue weighted by Gasteiger charge is 2.36. The van der Waals surface area contributed by atoms with E-state index in [9.17, 15) is 9.59 Å². The first-order valence-electron chi connectivity index (χ1n) is 6.90. The molecule has 0 unspecified atom stereocenters. The molecule has 1 aromatic rings. The van der Waals surface area contributed by atoms with Crippen LogP contribution in [0.2, 0.25) is 0 Å². The summed E-state index contributed by atoms with van der Waals surface area (Å²) in [6, 6.07) is 9.80. The molecule has 0 spiro atoms. The minimum Gasteiger partial charge on any atom is -0.444 e. The second kappa shape index (κ2) is 5.65. The van der Waals surface area contributed by atoms with E-state index in [1.807, 2.05) is 51.1 Å². The molecular weight excluding hydrogens is 254 g/mol. The van der Waals surface area contributed by atoms with Gasteiger partial charge in [0.2, 0.25) is 0 Å². The van der Waals surface area contributed by atoms with Gasteiger partial charge in [-0.15, -0.1) is 0 Å². The molecule has 108 valence electrons. The van der Waals surface area contributed by atoms with Gasteiger partial charge < -0.3 is 4.74 Å². The minimum absolute atomic E-state index is 0.0943. The van der Waals surface area contributed by atoms with Gasteiger partial charge >= 0.3 is 6.09 Å². The van der Waals surface area contributed by atoms with E-state index in [1.54, 1.807) is 4.90 Å². The molecule has 0 N–H and O–H groups in total. The van der Waals surface area contributed by atoms with Crippen LogP contribution in [-0.2, 0) is 16.0 Å². The number of benzene rings is 1. The molecule has 1 aromatic carbocycles. The number of Topliss-reactive ketones (excluding diaryl/α,β-unsaturated/α-hetero) is 1. The maximum Gasteiger partial charge on any atom is 0.410 e. The van der Waals surface area contributed by atoms with Crippen molar-refractivity contribution >= 4 is 11.9 Å². The molecule has 4 nitrogen and oxygen atoms in total. The van der Waals surface area contributed by atoms with Crippen molar-refractivity contribution in [1.29, 1.82) is 0 Å². The van der Waals surface area contributed by atoms with Gasteiger partial charge in [-0.1, -0.05) is 30.3 Å². The van der Waals surface area contributed by atoms with Crippen LogP contribution in [0.1, 0.15) is 32.8 Å². The number of hydrogen-bond acceptors (Lipinski definition) is 3. The highest BCUT2D eigenvalue weighted by Crippen LogP contribution is 2.22. The van der Waals surface area contributed by atoms with Gasteiger partial charge in [0.25, 0.3) is 0 Å². The van der Waals surface area contributed by atoms with Gasteiger partial charge in [0.15, 0.2) is 5.78 Å². The summed E-state index contributed by atoms with van der Waals surface area (Å²) in [4.78, 5) is 25.4. The monoisotopic (exact) mass is 275 g/mol. The summed E-state index contributed by atoms with van der Waals surface area (Å²) in [7, 11) is 0. The fourth-order valence-electron chi connectivity index (χ4n) is 2.36. The largest absolute Gasteiger partial charge is 0.444 e. The molecule has 0 aliphatic carbocycles. The summed E-state index contributed by atoms with van der Waals surface area (Å²) in [5.41, 5.74) is 0.584.